The first-order chi connectivity index (χ1) is 10.1. The maximum absolute atomic E-state index is 13.5. The van der Waals surface area contributed by atoms with Crippen LogP contribution in [-0.2, 0) is 0 Å². The highest BCUT2D eigenvalue weighted by Crippen LogP contribution is 2.18. The van der Waals surface area contributed by atoms with Crippen LogP contribution in [0, 0.1) is 5.82 Å². The van der Waals surface area contributed by atoms with Crippen LogP contribution in [0.1, 0.15) is 29.3 Å². The summed E-state index contributed by atoms with van der Waals surface area (Å²) < 4.78 is 13.5. The number of rotatable bonds is 4. The highest BCUT2D eigenvalue weighted by atomic mass is 19.1. The highest BCUT2D eigenvalue weighted by Gasteiger charge is 2.11. The number of hydrogen-bond acceptors (Lipinski definition) is 3. The van der Waals surface area contributed by atoms with Crippen molar-refractivity contribution in [1.29, 1.82) is 0 Å². The predicted molar refractivity (Wildman–Crippen MR) is 78.8 cm³/mol. The molecule has 1 amide bonds. The van der Waals surface area contributed by atoms with Crippen LogP contribution in [-0.4, -0.2) is 16.7 Å². The molecule has 0 bridgehead atoms. The number of nitrogens with zero attached hydrogens (tertiary/aromatic N) is 1. The van der Waals surface area contributed by atoms with Crippen molar-refractivity contribution in [2.75, 3.05) is 0 Å². The summed E-state index contributed by atoms with van der Waals surface area (Å²) in [5, 5.41) is 13.8. The van der Waals surface area contributed by atoms with Crippen LogP contribution in [0.2, 0.25) is 0 Å². The number of para-hydroxylation sites is 1. The van der Waals surface area contributed by atoms with Crippen LogP contribution < -0.4 is 5.43 Å². The van der Waals surface area contributed by atoms with Crippen molar-refractivity contribution in [2.24, 2.45) is 5.10 Å². The molecule has 2 rings (SSSR count). The number of amides is 1. The maximum Gasteiger partial charge on any atom is 0.274 e. The van der Waals surface area contributed by atoms with Gasteiger partial charge < -0.3 is 5.11 Å². The van der Waals surface area contributed by atoms with Gasteiger partial charge in [0.1, 0.15) is 11.6 Å². The summed E-state index contributed by atoms with van der Waals surface area (Å²) in [5.74, 6) is -1.15. The lowest BCUT2D eigenvalue weighted by Gasteiger charge is -2.07. The smallest absolute Gasteiger partial charge is 0.274 e. The highest BCUT2D eigenvalue weighted by molar-refractivity contribution is 6.03. The molecule has 21 heavy (non-hydrogen) atoms. The second kappa shape index (κ2) is 6.65. The van der Waals surface area contributed by atoms with Crippen LogP contribution in [0.3, 0.4) is 0 Å². The molecule has 0 aromatic heterocycles. The van der Waals surface area contributed by atoms with Crippen molar-refractivity contribution in [3.63, 3.8) is 0 Å². The summed E-state index contributed by atoms with van der Waals surface area (Å²) >= 11 is 0. The number of hydrogen-bond donors (Lipinski definition) is 2. The Balaban J connectivity index is 2.21. The summed E-state index contributed by atoms with van der Waals surface area (Å²) in [6.07, 6.45) is 0.509. The van der Waals surface area contributed by atoms with E-state index in [1.807, 2.05) is 6.92 Å². The van der Waals surface area contributed by atoms with Gasteiger partial charge in [0.15, 0.2) is 0 Å². The van der Waals surface area contributed by atoms with E-state index >= 15 is 0 Å². The Morgan fingerprint density at radius 1 is 1.14 bits per heavy atom. The fourth-order valence-electron chi connectivity index (χ4n) is 1.87. The van der Waals surface area contributed by atoms with Gasteiger partial charge in [-0.25, -0.2) is 9.82 Å². The first kappa shape index (κ1) is 14.7. The fourth-order valence-corrected chi connectivity index (χ4v) is 1.87. The third-order valence-electron chi connectivity index (χ3n) is 2.96. The Bertz CT molecular complexity index is 683. The van der Waals surface area contributed by atoms with Gasteiger partial charge in [0.05, 0.1) is 11.3 Å². The first-order valence-corrected chi connectivity index (χ1v) is 6.53. The van der Waals surface area contributed by atoms with Crippen molar-refractivity contribution >= 4 is 11.6 Å². The largest absolute Gasteiger partial charge is 0.507 e. The molecular formula is C16H15FN2O2. The van der Waals surface area contributed by atoms with Gasteiger partial charge >= 0.3 is 0 Å². The average Bonchev–Trinajstić information content (AvgIpc) is 2.49. The molecule has 0 radical (unpaired) electrons. The maximum atomic E-state index is 13.5. The van der Waals surface area contributed by atoms with Crippen molar-refractivity contribution in [3.05, 3.63) is 65.5 Å². The van der Waals surface area contributed by atoms with E-state index in [4.69, 9.17) is 0 Å². The minimum atomic E-state index is -0.630. The molecule has 2 aromatic carbocycles. The summed E-state index contributed by atoms with van der Waals surface area (Å²) in [7, 11) is 0. The Kier molecular flexibility index (Phi) is 4.66. The first-order valence-electron chi connectivity index (χ1n) is 6.53. The lowest BCUT2D eigenvalue weighted by molar-refractivity contribution is 0.0950. The van der Waals surface area contributed by atoms with E-state index in [0.717, 1.165) is 0 Å². The lowest BCUT2D eigenvalue weighted by Crippen LogP contribution is -2.21. The number of halogens is 1. The van der Waals surface area contributed by atoms with Crippen molar-refractivity contribution in [2.45, 2.75) is 13.3 Å². The number of hydrazone groups is 1. The molecule has 0 saturated heterocycles. The molecule has 2 aromatic rings. The third kappa shape index (κ3) is 3.45. The SMILES string of the molecule is CCC(=NNC(=O)c1ccccc1F)c1ccccc1O. The van der Waals surface area contributed by atoms with Gasteiger partial charge in [-0.2, -0.15) is 5.10 Å². The Labute approximate surface area is 121 Å². The second-order valence-corrected chi connectivity index (χ2v) is 4.35. The van der Waals surface area contributed by atoms with E-state index in [0.29, 0.717) is 17.7 Å². The van der Waals surface area contributed by atoms with E-state index < -0.39 is 11.7 Å². The zero-order valence-corrected chi connectivity index (χ0v) is 11.5. The molecule has 0 unspecified atom stereocenters. The van der Waals surface area contributed by atoms with E-state index in [9.17, 15) is 14.3 Å². The minimum Gasteiger partial charge on any atom is -0.507 e. The van der Waals surface area contributed by atoms with Crippen LogP contribution in [0.15, 0.2) is 53.6 Å². The van der Waals surface area contributed by atoms with Gasteiger partial charge in [0.2, 0.25) is 0 Å². The zero-order valence-electron chi connectivity index (χ0n) is 11.5. The minimum absolute atomic E-state index is 0.0750. The van der Waals surface area contributed by atoms with E-state index in [1.54, 1.807) is 30.3 Å². The molecule has 0 aliphatic rings. The van der Waals surface area contributed by atoms with Gasteiger partial charge in [-0.15, -0.1) is 0 Å². The number of aromatic hydroxyl groups is 1. The predicted octanol–water partition coefficient (Wildman–Crippen LogP) is 3.08. The molecule has 0 saturated carbocycles. The zero-order chi connectivity index (χ0) is 15.2. The van der Waals surface area contributed by atoms with Crippen LogP contribution >= 0.6 is 0 Å². The Hall–Kier alpha value is -2.69. The average molecular weight is 286 g/mol. The molecule has 5 heteroatoms. The van der Waals surface area contributed by atoms with Gasteiger partial charge in [-0.3, -0.25) is 4.79 Å². The van der Waals surface area contributed by atoms with Crippen LogP contribution in [0.4, 0.5) is 4.39 Å². The fraction of sp³-hybridized carbons (Fsp3) is 0.125. The molecule has 2 N–H and O–H groups in total. The van der Waals surface area contributed by atoms with Crippen LogP contribution in [0.25, 0.3) is 0 Å². The number of benzene rings is 2. The summed E-state index contributed by atoms with van der Waals surface area (Å²) in [5.41, 5.74) is 3.29. The van der Waals surface area contributed by atoms with Crippen molar-refractivity contribution in [3.8, 4) is 5.75 Å². The van der Waals surface area contributed by atoms with E-state index in [2.05, 4.69) is 10.5 Å². The lowest BCUT2D eigenvalue weighted by atomic mass is 10.1. The number of carbonyl (C=O) groups excluding carboxylic acids is 1. The number of phenolic OH excluding ortho intramolecular Hbond substituents is 1. The molecule has 0 aliphatic carbocycles. The number of phenols is 1. The monoisotopic (exact) mass is 286 g/mol. The molecule has 0 atom stereocenters. The Morgan fingerprint density at radius 2 is 1.76 bits per heavy atom. The summed E-state index contributed by atoms with van der Waals surface area (Å²) in [6, 6.07) is 12.4. The molecule has 0 fully saturated rings. The van der Waals surface area contributed by atoms with Gasteiger partial charge in [0.25, 0.3) is 5.91 Å². The van der Waals surface area contributed by atoms with Gasteiger partial charge in [-0.05, 0) is 30.7 Å². The van der Waals surface area contributed by atoms with E-state index in [1.165, 1.54) is 18.2 Å². The molecule has 4 nitrogen and oxygen atoms in total. The molecule has 0 aliphatic heterocycles. The van der Waals surface area contributed by atoms with Gasteiger partial charge in [-0.1, -0.05) is 31.2 Å². The molecule has 0 spiro atoms. The number of nitrogens with one attached hydrogen (secondary N) is 1. The van der Waals surface area contributed by atoms with E-state index in [-0.39, 0.29) is 11.3 Å². The quantitative estimate of drug-likeness (QED) is 0.670. The molecule has 108 valence electrons. The summed E-state index contributed by atoms with van der Waals surface area (Å²) in [4.78, 5) is 11.9. The standard InChI is InChI=1S/C16H15FN2O2/c1-2-14(12-8-4-6-10-15(12)20)18-19-16(21)11-7-3-5-9-13(11)17/h3-10,20H,2H2,1H3,(H,19,21). The summed E-state index contributed by atoms with van der Waals surface area (Å²) in [6.45, 7) is 1.85. The third-order valence-corrected chi connectivity index (χ3v) is 2.96. The second-order valence-electron chi connectivity index (χ2n) is 4.35. The Morgan fingerprint density at radius 3 is 2.38 bits per heavy atom. The van der Waals surface area contributed by atoms with Gasteiger partial charge in [0, 0.05) is 5.56 Å². The van der Waals surface area contributed by atoms with Crippen LogP contribution in [0.5, 0.6) is 5.75 Å². The number of carbonyl (C=O) groups is 1. The normalized spacial score (nSPS) is 11.2. The van der Waals surface area contributed by atoms with Crippen molar-refractivity contribution < 1.29 is 14.3 Å². The van der Waals surface area contributed by atoms with Crippen molar-refractivity contribution in [1.82, 2.24) is 5.43 Å². The topological polar surface area (TPSA) is 61.7 Å². The molecule has 0 heterocycles. The molecular weight excluding hydrogens is 271 g/mol.